The van der Waals surface area contributed by atoms with Crippen molar-refractivity contribution in [1.29, 1.82) is 11.1 Å². The molecule has 2 aromatic rings. The van der Waals surface area contributed by atoms with Gasteiger partial charge in [0.25, 0.3) is 15.8 Å². The molecule has 23 heavy (non-hydrogen) atoms. The first-order valence-corrected chi connectivity index (χ1v) is 7.07. The van der Waals surface area contributed by atoms with E-state index < -0.39 is 52.1 Å². The number of nitro benzene ring substituents is 1. The minimum Gasteiger partial charge on any atom is -0.594 e. The SMILES string of the molecule is N=[N+]([O-])c1cc(S(=O)(=O)O)c2cc([N+](=O)[O-])ccc2c1[N+](=N)[O-]. The average molecular weight is 341 g/mol. The van der Waals surface area contributed by atoms with Crippen molar-refractivity contribution in [2.75, 3.05) is 0 Å². The third-order valence-corrected chi connectivity index (χ3v) is 3.84. The minimum atomic E-state index is -4.92. The standard InChI is InChI=1S/C10H7N5O7S/c11-13(16)8-4-9(23(20,21)22)7-3-5(15(18)19)1-2-6(7)10(8)14(12)17/h1-4,11-12H,(H,20,21,22). The topological polar surface area (TPSA) is 197 Å². The van der Waals surface area contributed by atoms with Gasteiger partial charge in [-0.05, 0) is 17.1 Å². The van der Waals surface area contributed by atoms with Gasteiger partial charge in [0.15, 0.2) is 0 Å². The zero-order valence-corrected chi connectivity index (χ0v) is 11.8. The highest BCUT2D eigenvalue weighted by Gasteiger charge is 2.30. The van der Waals surface area contributed by atoms with Gasteiger partial charge in [0.05, 0.1) is 10.3 Å². The molecule has 0 spiro atoms. The Labute approximate surface area is 127 Å². The van der Waals surface area contributed by atoms with E-state index in [9.17, 15) is 33.5 Å². The maximum absolute atomic E-state index is 11.4. The molecular weight excluding hydrogens is 334 g/mol. The predicted molar refractivity (Wildman–Crippen MR) is 72.4 cm³/mol. The molecule has 13 heteroatoms. The second-order valence-corrected chi connectivity index (χ2v) is 5.68. The Morgan fingerprint density at radius 2 is 1.61 bits per heavy atom. The summed E-state index contributed by atoms with van der Waals surface area (Å²) in [6, 6.07) is 3.14. The van der Waals surface area contributed by atoms with Crippen LogP contribution in [0.1, 0.15) is 0 Å². The Morgan fingerprint density at radius 3 is 2.04 bits per heavy atom. The normalized spacial score (nSPS) is 11.3. The number of nitro groups is 1. The summed E-state index contributed by atoms with van der Waals surface area (Å²) in [4.78, 5) is 7.93. The molecule has 0 aliphatic rings. The first-order valence-electron chi connectivity index (χ1n) is 5.63. The van der Waals surface area contributed by atoms with Crippen molar-refractivity contribution >= 4 is 38.0 Å². The van der Waals surface area contributed by atoms with Crippen molar-refractivity contribution < 1.29 is 27.6 Å². The van der Waals surface area contributed by atoms with Crippen LogP contribution in [-0.2, 0) is 10.1 Å². The summed E-state index contributed by atoms with van der Waals surface area (Å²) in [5.41, 5.74) is 12.0. The van der Waals surface area contributed by atoms with Crippen LogP contribution in [0.3, 0.4) is 0 Å². The molecule has 12 nitrogen and oxygen atoms in total. The number of nitrogens with zero attached hydrogens (tertiary/aromatic N) is 3. The molecule has 2 rings (SSSR count). The van der Waals surface area contributed by atoms with E-state index >= 15 is 0 Å². The van der Waals surface area contributed by atoms with Gasteiger partial charge < -0.3 is 10.4 Å². The smallest absolute Gasteiger partial charge is 0.326 e. The van der Waals surface area contributed by atoms with Gasteiger partial charge in [-0.1, -0.05) is 9.72 Å². The van der Waals surface area contributed by atoms with Crippen molar-refractivity contribution in [3.05, 3.63) is 44.8 Å². The Morgan fingerprint density at radius 1 is 1.00 bits per heavy atom. The molecule has 0 fully saturated rings. The lowest BCUT2D eigenvalue weighted by molar-refractivity contribution is -0.499. The van der Waals surface area contributed by atoms with E-state index in [1.165, 1.54) is 0 Å². The fourth-order valence-corrected chi connectivity index (χ4v) is 2.75. The van der Waals surface area contributed by atoms with Crippen LogP contribution in [0.4, 0.5) is 17.1 Å². The number of non-ortho nitro benzene ring substituents is 1. The van der Waals surface area contributed by atoms with E-state index in [1.807, 2.05) is 0 Å². The van der Waals surface area contributed by atoms with Crippen LogP contribution in [0.2, 0.25) is 0 Å². The number of nitrogens with one attached hydrogen (secondary N) is 2. The molecule has 0 amide bonds. The molecule has 2 aromatic carbocycles. The average Bonchev–Trinajstić information content (AvgIpc) is 2.42. The van der Waals surface area contributed by atoms with Crippen molar-refractivity contribution in [1.82, 2.24) is 0 Å². The molecular formula is C10H7N5O7S. The molecule has 0 heterocycles. The molecule has 3 N–H and O–H groups in total. The number of hydrogen-bond donors (Lipinski definition) is 3. The number of rotatable bonds is 4. The van der Waals surface area contributed by atoms with Crippen molar-refractivity contribution in [2.24, 2.45) is 0 Å². The first kappa shape index (κ1) is 16.2. The van der Waals surface area contributed by atoms with E-state index in [-0.39, 0.29) is 5.39 Å². The number of benzene rings is 2. The van der Waals surface area contributed by atoms with Gasteiger partial charge in [-0.3, -0.25) is 14.7 Å². The maximum atomic E-state index is 11.4. The largest absolute Gasteiger partial charge is 0.594 e. The second-order valence-electron chi connectivity index (χ2n) is 4.29. The number of fused-ring (bicyclic) bond motifs is 1. The lowest BCUT2D eigenvalue weighted by Gasteiger charge is -2.09. The van der Waals surface area contributed by atoms with Crippen molar-refractivity contribution in [3.63, 3.8) is 0 Å². The zero-order chi connectivity index (χ0) is 17.5. The Hall–Kier alpha value is -3.19. The quantitative estimate of drug-likeness (QED) is 0.249. The number of hydrogen-bond acceptors (Lipinski definition) is 8. The molecule has 0 aromatic heterocycles. The van der Waals surface area contributed by atoms with Gasteiger partial charge in [-0.15, -0.1) is 0 Å². The summed E-state index contributed by atoms with van der Waals surface area (Å²) in [6.07, 6.45) is 0. The van der Waals surface area contributed by atoms with E-state index in [0.29, 0.717) is 6.07 Å². The molecule has 0 aliphatic heterocycles. The van der Waals surface area contributed by atoms with Crippen LogP contribution < -0.4 is 0 Å². The lowest BCUT2D eigenvalue weighted by atomic mass is 10.1. The third-order valence-electron chi connectivity index (χ3n) is 2.94. The minimum absolute atomic E-state index is 0.321. The molecule has 0 saturated heterocycles. The molecule has 0 atom stereocenters. The molecule has 0 unspecified atom stereocenters. The predicted octanol–water partition coefficient (Wildman–Crippen LogP) is 2.34. The summed E-state index contributed by atoms with van der Waals surface area (Å²) in [5, 5.41) is 32.6. The summed E-state index contributed by atoms with van der Waals surface area (Å²) in [6.45, 7) is 0. The Balaban J connectivity index is 3.12. The van der Waals surface area contributed by atoms with Crippen LogP contribution in [0.25, 0.3) is 10.8 Å². The molecule has 120 valence electrons. The zero-order valence-electron chi connectivity index (χ0n) is 11.0. The van der Waals surface area contributed by atoms with E-state index in [4.69, 9.17) is 11.1 Å². The molecule has 0 aliphatic carbocycles. The van der Waals surface area contributed by atoms with Crippen LogP contribution in [-0.4, -0.2) is 27.6 Å². The fourth-order valence-electron chi connectivity index (χ4n) is 2.05. The summed E-state index contributed by atoms with van der Waals surface area (Å²) < 4.78 is 32.1. The Kier molecular flexibility index (Phi) is 3.67. The van der Waals surface area contributed by atoms with E-state index in [2.05, 4.69) is 0 Å². The summed E-state index contributed by atoms with van der Waals surface area (Å²) in [5.74, 6) is 0. The van der Waals surface area contributed by atoms with Crippen LogP contribution in [0.5, 0.6) is 0 Å². The van der Waals surface area contributed by atoms with Crippen LogP contribution in [0.15, 0.2) is 29.2 Å². The second kappa shape index (κ2) is 5.22. The van der Waals surface area contributed by atoms with Crippen LogP contribution in [0, 0.1) is 31.6 Å². The van der Waals surface area contributed by atoms with E-state index in [0.717, 1.165) is 18.2 Å². The van der Waals surface area contributed by atoms with Gasteiger partial charge >= 0.3 is 11.4 Å². The van der Waals surface area contributed by atoms with Crippen molar-refractivity contribution in [3.8, 4) is 0 Å². The highest BCUT2D eigenvalue weighted by molar-refractivity contribution is 7.86. The van der Waals surface area contributed by atoms with Gasteiger partial charge in [0.2, 0.25) is 0 Å². The van der Waals surface area contributed by atoms with Crippen molar-refractivity contribution in [2.45, 2.75) is 4.90 Å². The summed E-state index contributed by atoms with van der Waals surface area (Å²) >= 11 is 0. The molecule has 0 radical (unpaired) electrons. The molecule has 0 saturated carbocycles. The first-order chi connectivity index (χ1) is 10.5. The molecule has 0 bridgehead atoms. The van der Waals surface area contributed by atoms with Gasteiger partial charge in [0, 0.05) is 23.6 Å². The highest BCUT2D eigenvalue weighted by Crippen LogP contribution is 2.40. The van der Waals surface area contributed by atoms with Gasteiger partial charge in [-0.2, -0.15) is 8.42 Å². The van der Waals surface area contributed by atoms with Gasteiger partial charge in [0.1, 0.15) is 4.90 Å². The van der Waals surface area contributed by atoms with Crippen LogP contribution >= 0.6 is 0 Å². The Bertz CT molecular complexity index is 985. The van der Waals surface area contributed by atoms with Gasteiger partial charge in [-0.25, -0.2) is 0 Å². The maximum Gasteiger partial charge on any atom is 0.326 e. The third kappa shape index (κ3) is 2.77. The van der Waals surface area contributed by atoms with E-state index in [1.54, 1.807) is 0 Å². The lowest BCUT2D eigenvalue weighted by Crippen LogP contribution is -2.04. The monoisotopic (exact) mass is 341 g/mol. The summed E-state index contributed by atoms with van der Waals surface area (Å²) in [7, 11) is -4.92. The fraction of sp³-hybridized carbons (Fsp3) is 0. The highest BCUT2D eigenvalue weighted by atomic mass is 32.2.